The van der Waals surface area contributed by atoms with Crippen molar-refractivity contribution >= 4 is 39.1 Å². The molecule has 2 rings (SSSR count). The zero-order valence-corrected chi connectivity index (χ0v) is 11.2. The smallest absolute Gasteiger partial charge is 0.251 e. The molecule has 1 atom stereocenters. The van der Waals surface area contributed by atoms with E-state index in [9.17, 15) is 4.79 Å². The van der Waals surface area contributed by atoms with E-state index in [2.05, 4.69) is 10.3 Å². The summed E-state index contributed by atoms with van der Waals surface area (Å²) in [6.07, 6.45) is 0.913. The Kier molecular flexibility index (Phi) is 3.64. The van der Waals surface area contributed by atoms with Gasteiger partial charge in [-0.3, -0.25) is 4.79 Å². The summed E-state index contributed by atoms with van der Waals surface area (Å²) in [5.74, 6) is -0.0645. The number of hydrogen-bond acceptors (Lipinski definition) is 3. The fraction of sp³-hybridized carbons (Fsp3) is 0.333. The van der Waals surface area contributed by atoms with Gasteiger partial charge < -0.3 is 5.32 Å². The number of carbonyl (C=O) groups excluding carboxylic acids is 1. The molecule has 0 radical (unpaired) electrons. The number of fused-ring (bicyclic) bond motifs is 1. The zero-order chi connectivity index (χ0) is 12.4. The van der Waals surface area contributed by atoms with Crippen LogP contribution in [0.5, 0.6) is 0 Å². The van der Waals surface area contributed by atoms with Gasteiger partial charge in [-0.25, -0.2) is 4.98 Å². The average Bonchev–Trinajstić information content (AvgIpc) is 2.67. The Morgan fingerprint density at radius 3 is 3.06 bits per heavy atom. The highest BCUT2D eigenvalue weighted by Crippen LogP contribution is 2.26. The van der Waals surface area contributed by atoms with Crippen LogP contribution in [0.3, 0.4) is 0 Å². The van der Waals surface area contributed by atoms with Crippen LogP contribution in [-0.4, -0.2) is 16.9 Å². The van der Waals surface area contributed by atoms with E-state index in [4.69, 9.17) is 11.6 Å². The molecule has 0 saturated heterocycles. The van der Waals surface area contributed by atoms with Gasteiger partial charge in [0.2, 0.25) is 0 Å². The maximum absolute atomic E-state index is 11.9. The van der Waals surface area contributed by atoms with Crippen LogP contribution in [0.1, 0.15) is 30.6 Å². The molecule has 0 fully saturated rings. The minimum absolute atomic E-state index is 0.0645. The Morgan fingerprint density at radius 2 is 2.35 bits per heavy atom. The largest absolute Gasteiger partial charge is 0.350 e. The lowest BCUT2D eigenvalue weighted by Gasteiger charge is -2.10. The van der Waals surface area contributed by atoms with E-state index in [1.165, 1.54) is 11.3 Å². The monoisotopic (exact) mass is 268 g/mol. The van der Waals surface area contributed by atoms with Gasteiger partial charge in [0.05, 0.1) is 10.2 Å². The van der Waals surface area contributed by atoms with Crippen molar-refractivity contribution in [3.05, 3.63) is 28.2 Å². The average molecular weight is 269 g/mol. The summed E-state index contributed by atoms with van der Waals surface area (Å²) < 4.78 is 1.49. The van der Waals surface area contributed by atoms with Gasteiger partial charge in [0, 0.05) is 11.6 Å². The number of nitrogens with zero attached hydrogens (tertiary/aromatic N) is 1. The van der Waals surface area contributed by atoms with E-state index in [1.807, 2.05) is 19.9 Å². The molecule has 17 heavy (non-hydrogen) atoms. The van der Waals surface area contributed by atoms with Crippen LogP contribution in [0.4, 0.5) is 0 Å². The molecular formula is C12H13ClN2OS. The van der Waals surface area contributed by atoms with Crippen LogP contribution in [0.25, 0.3) is 10.2 Å². The first-order valence-corrected chi connectivity index (χ1v) is 6.66. The van der Waals surface area contributed by atoms with Gasteiger partial charge in [0.15, 0.2) is 4.47 Å². The van der Waals surface area contributed by atoms with E-state index in [0.29, 0.717) is 10.0 Å². The maximum Gasteiger partial charge on any atom is 0.251 e. The van der Waals surface area contributed by atoms with Gasteiger partial charge in [0.1, 0.15) is 0 Å². The second-order valence-electron chi connectivity index (χ2n) is 3.93. The van der Waals surface area contributed by atoms with Crippen LogP contribution in [0.2, 0.25) is 4.47 Å². The summed E-state index contributed by atoms with van der Waals surface area (Å²) in [7, 11) is 0. The molecule has 0 bridgehead atoms. The topological polar surface area (TPSA) is 42.0 Å². The summed E-state index contributed by atoms with van der Waals surface area (Å²) in [5, 5.41) is 2.92. The minimum atomic E-state index is -0.0645. The van der Waals surface area contributed by atoms with Gasteiger partial charge in [-0.1, -0.05) is 18.5 Å². The van der Waals surface area contributed by atoms with Gasteiger partial charge in [-0.15, -0.1) is 11.3 Å². The molecule has 1 heterocycles. The Balaban J connectivity index is 2.26. The molecule has 0 saturated carbocycles. The highest BCUT2D eigenvalue weighted by molar-refractivity contribution is 7.22. The summed E-state index contributed by atoms with van der Waals surface area (Å²) in [5.41, 5.74) is 1.40. The van der Waals surface area contributed by atoms with E-state index in [1.54, 1.807) is 12.1 Å². The van der Waals surface area contributed by atoms with Crippen molar-refractivity contribution in [2.75, 3.05) is 0 Å². The standard InChI is InChI=1S/C12H13ClN2OS/c1-3-7(2)14-11(16)8-4-5-10-9(6-8)15-12(13)17-10/h4-7H,3H2,1-2H3,(H,14,16)/t7-/m0/s1. The number of aromatic nitrogens is 1. The molecule has 2 aromatic rings. The fourth-order valence-electron chi connectivity index (χ4n) is 1.45. The number of halogens is 1. The molecule has 0 aliphatic carbocycles. The number of rotatable bonds is 3. The molecule has 0 aliphatic rings. The predicted octanol–water partition coefficient (Wildman–Crippen LogP) is 3.48. The van der Waals surface area contributed by atoms with E-state index in [0.717, 1.165) is 16.6 Å². The van der Waals surface area contributed by atoms with Crippen LogP contribution in [-0.2, 0) is 0 Å². The van der Waals surface area contributed by atoms with Crippen molar-refractivity contribution in [2.45, 2.75) is 26.3 Å². The molecule has 1 aromatic heterocycles. The van der Waals surface area contributed by atoms with Crippen molar-refractivity contribution < 1.29 is 4.79 Å². The predicted molar refractivity (Wildman–Crippen MR) is 71.8 cm³/mol. The molecule has 0 aliphatic heterocycles. The molecule has 5 heteroatoms. The lowest BCUT2D eigenvalue weighted by molar-refractivity contribution is 0.0939. The number of thiazole rings is 1. The minimum Gasteiger partial charge on any atom is -0.350 e. The first kappa shape index (κ1) is 12.3. The van der Waals surface area contributed by atoms with Gasteiger partial charge in [-0.05, 0) is 31.5 Å². The molecule has 1 aromatic carbocycles. The summed E-state index contributed by atoms with van der Waals surface area (Å²) in [6.45, 7) is 4.02. The van der Waals surface area contributed by atoms with Crippen molar-refractivity contribution in [3.63, 3.8) is 0 Å². The molecule has 0 spiro atoms. The Hall–Kier alpha value is -1.13. The molecular weight excluding hydrogens is 256 g/mol. The number of hydrogen-bond donors (Lipinski definition) is 1. The third kappa shape index (κ3) is 2.76. The van der Waals surface area contributed by atoms with Crippen LogP contribution < -0.4 is 5.32 Å². The number of nitrogens with one attached hydrogen (secondary N) is 1. The third-order valence-corrected chi connectivity index (χ3v) is 3.75. The SMILES string of the molecule is CC[C@H](C)NC(=O)c1ccc2sc(Cl)nc2c1. The normalized spacial score (nSPS) is 12.6. The molecule has 1 N–H and O–H groups in total. The maximum atomic E-state index is 11.9. The van der Waals surface area contributed by atoms with Crippen molar-refractivity contribution in [2.24, 2.45) is 0 Å². The zero-order valence-electron chi connectivity index (χ0n) is 9.66. The third-order valence-electron chi connectivity index (χ3n) is 2.61. The Labute approximate surface area is 109 Å². The molecule has 90 valence electrons. The number of amides is 1. The summed E-state index contributed by atoms with van der Waals surface area (Å²) in [4.78, 5) is 16.1. The quantitative estimate of drug-likeness (QED) is 0.926. The van der Waals surface area contributed by atoms with Gasteiger partial charge >= 0.3 is 0 Å². The van der Waals surface area contributed by atoms with E-state index >= 15 is 0 Å². The van der Waals surface area contributed by atoms with Gasteiger partial charge in [0.25, 0.3) is 5.91 Å². The van der Waals surface area contributed by atoms with Crippen molar-refractivity contribution in [1.29, 1.82) is 0 Å². The Bertz CT molecular complexity index is 552. The molecule has 0 unspecified atom stereocenters. The Morgan fingerprint density at radius 1 is 1.59 bits per heavy atom. The van der Waals surface area contributed by atoms with E-state index < -0.39 is 0 Å². The first-order chi connectivity index (χ1) is 8.10. The van der Waals surface area contributed by atoms with Crippen LogP contribution >= 0.6 is 22.9 Å². The van der Waals surface area contributed by atoms with Crippen molar-refractivity contribution in [3.8, 4) is 0 Å². The number of benzene rings is 1. The lowest BCUT2D eigenvalue weighted by Crippen LogP contribution is -2.31. The number of carbonyl (C=O) groups is 1. The van der Waals surface area contributed by atoms with E-state index in [-0.39, 0.29) is 11.9 Å². The summed E-state index contributed by atoms with van der Waals surface area (Å²) >= 11 is 7.24. The highest BCUT2D eigenvalue weighted by atomic mass is 35.5. The first-order valence-electron chi connectivity index (χ1n) is 5.47. The second-order valence-corrected chi connectivity index (χ2v) is 5.54. The molecule has 3 nitrogen and oxygen atoms in total. The van der Waals surface area contributed by atoms with Gasteiger partial charge in [-0.2, -0.15) is 0 Å². The molecule has 1 amide bonds. The lowest BCUT2D eigenvalue weighted by atomic mass is 10.1. The summed E-state index contributed by atoms with van der Waals surface area (Å²) in [6, 6.07) is 5.63. The second kappa shape index (κ2) is 5.02. The van der Waals surface area contributed by atoms with Crippen molar-refractivity contribution in [1.82, 2.24) is 10.3 Å². The van der Waals surface area contributed by atoms with Crippen LogP contribution in [0, 0.1) is 0 Å². The van der Waals surface area contributed by atoms with Crippen LogP contribution in [0.15, 0.2) is 18.2 Å². The fourth-order valence-corrected chi connectivity index (χ4v) is 2.46. The highest BCUT2D eigenvalue weighted by Gasteiger charge is 2.10.